The van der Waals surface area contributed by atoms with Crippen LogP contribution in [0.1, 0.15) is 31.1 Å². The van der Waals surface area contributed by atoms with E-state index in [0.29, 0.717) is 12.2 Å². The van der Waals surface area contributed by atoms with Gasteiger partial charge < -0.3 is 0 Å². The molecule has 0 fully saturated rings. The summed E-state index contributed by atoms with van der Waals surface area (Å²) in [6.45, 7) is 1.92. The van der Waals surface area contributed by atoms with E-state index in [0.717, 1.165) is 23.7 Å². The molecule has 1 heterocycles. The molecule has 0 aliphatic rings. The van der Waals surface area contributed by atoms with Crippen molar-refractivity contribution in [3.63, 3.8) is 0 Å². The summed E-state index contributed by atoms with van der Waals surface area (Å²) in [7, 11) is 0. The van der Waals surface area contributed by atoms with Gasteiger partial charge in [0.25, 0.3) is 0 Å². The molecule has 13 heavy (non-hydrogen) atoms. The Hall–Kier alpha value is -0.150. The van der Waals surface area contributed by atoms with Gasteiger partial charge in [0.2, 0.25) is 0 Å². The Morgan fingerprint density at radius 3 is 2.92 bits per heavy atom. The van der Waals surface area contributed by atoms with Gasteiger partial charge in [-0.25, -0.2) is 0 Å². The predicted octanol–water partition coefficient (Wildman–Crippen LogP) is 3.81. The molecule has 0 saturated carbocycles. The van der Waals surface area contributed by atoms with E-state index in [-0.39, 0.29) is 0 Å². The minimum atomic E-state index is 0.371. The van der Waals surface area contributed by atoms with Crippen LogP contribution in [0.2, 0.25) is 0 Å². The number of ketones is 1. The molecule has 1 nitrogen and oxygen atoms in total. The summed E-state index contributed by atoms with van der Waals surface area (Å²) in [4.78, 5) is 12.4. The third-order valence-corrected chi connectivity index (χ3v) is 3.65. The summed E-state index contributed by atoms with van der Waals surface area (Å²) in [5.41, 5.74) is 0. The van der Waals surface area contributed by atoms with Crippen LogP contribution in [0.5, 0.6) is 0 Å². The third kappa shape index (κ3) is 4.05. The van der Waals surface area contributed by atoms with E-state index in [1.54, 1.807) is 11.3 Å². The number of Topliss-reactive ketones (excluding diaryl/α,β-unsaturated/α-hetero) is 1. The first-order valence-electron chi connectivity index (χ1n) is 4.47. The molecule has 0 spiro atoms. The van der Waals surface area contributed by atoms with Crippen LogP contribution in [0.15, 0.2) is 15.9 Å². The van der Waals surface area contributed by atoms with Gasteiger partial charge in [-0.15, -0.1) is 11.3 Å². The highest BCUT2D eigenvalue weighted by Crippen LogP contribution is 2.21. The van der Waals surface area contributed by atoms with E-state index in [4.69, 9.17) is 0 Å². The van der Waals surface area contributed by atoms with Crippen molar-refractivity contribution in [1.29, 1.82) is 0 Å². The van der Waals surface area contributed by atoms with Crippen LogP contribution in [0.25, 0.3) is 0 Å². The molecule has 0 unspecified atom stereocenters. The monoisotopic (exact) mass is 260 g/mol. The van der Waals surface area contributed by atoms with Crippen molar-refractivity contribution in [2.75, 3.05) is 0 Å². The van der Waals surface area contributed by atoms with Gasteiger partial charge >= 0.3 is 0 Å². The van der Waals surface area contributed by atoms with E-state index < -0.39 is 0 Å². The van der Waals surface area contributed by atoms with Crippen molar-refractivity contribution < 1.29 is 4.79 Å². The van der Waals surface area contributed by atoms with E-state index in [9.17, 15) is 4.79 Å². The maximum absolute atomic E-state index is 11.0. The Kier molecular flexibility index (Phi) is 4.67. The number of thiophene rings is 1. The van der Waals surface area contributed by atoms with Crippen LogP contribution < -0.4 is 0 Å². The van der Waals surface area contributed by atoms with E-state index in [1.165, 1.54) is 4.88 Å². The lowest BCUT2D eigenvalue weighted by atomic mass is 10.1. The number of carbonyl (C=O) groups excluding carboxylic acids is 1. The fourth-order valence-corrected chi connectivity index (χ4v) is 2.62. The summed E-state index contributed by atoms with van der Waals surface area (Å²) >= 11 is 5.16. The van der Waals surface area contributed by atoms with Crippen LogP contribution in [0, 0.1) is 0 Å². The molecule has 0 bridgehead atoms. The number of carbonyl (C=O) groups is 1. The Labute approximate surface area is 91.3 Å². The summed E-state index contributed by atoms with van der Waals surface area (Å²) in [5.74, 6) is 0.371. The second-order valence-corrected chi connectivity index (χ2v) is 4.89. The quantitative estimate of drug-likeness (QED) is 0.787. The molecule has 0 aliphatic carbocycles. The molecular formula is C10H13BrOS. The van der Waals surface area contributed by atoms with Gasteiger partial charge in [0, 0.05) is 27.6 Å². The van der Waals surface area contributed by atoms with Gasteiger partial charge in [-0.1, -0.05) is 6.92 Å². The maximum Gasteiger partial charge on any atom is 0.132 e. The number of aryl methyl sites for hydroxylation is 1. The second kappa shape index (κ2) is 5.55. The van der Waals surface area contributed by atoms with Crippen molar-refractivity contribution in [3.05, 3.63) is 20.8 Å². The summed E-state index contributed by atoms with van der Waals surface area (Å²) in [6.07, 6.45) is 3.42. The zero-order valence-corrected chi connectivity index (χ0v) is 10.1. The van der Waals surface area contributed by atoms with E-state index in [1.807, 2.05) is 6.92 Å². The Morgan fingerprint density at radius 2 is 2.38 bits per heavy atom. The molecule has 3 heteroatoms. The highest BCUT2D eigenvalue weighted by Gasteiger charge is 2.00. The van der Waals surface area contributed by atoms with Crippen LogP contribution in [-0.2, 0) is 11.2 Å². The van der Waals surface area contributed by atoms with Gasteiger partial charge in [-0.2, -0.15) is 0 Å². The van der Waals surface area contributed by atoms with Gasteiger partial charge in [0.15, 0.2) is 0 Å². The molecule has 0 amide bonds. The van der Waals surface area contributed by atoms with Crippen LogP contribution in [0.4, 0.5) is 0 Å². The highest BCUT2D eigenvalue weighted by molar-refractivity contribution is 9.10. The Morgan fingerprint density at radius 1 is 1.62 bits per heavy atom. The van der Waals surface area contributed by atoms with Crippen LogP contribution in [0.3, 0.4) is 0 Å². The van der Waals surface area contributed by atoms with Gasteiger partial charge in [-0.3, -0.25) is 4.79 Å². The fourth-order valence-electron chi connectivity index (χ4n) is 1.12. The average molecular weight is 261 g/mol. The zero-order chi connectivity index (χ0) is 9.68. The Bertz CT molecular complexity index is 280. The number of halogens is 1. The first-order valence-corrected chi connectivity index (χ1v) is 6.14. The predicted molar refractivity (Wildman–Crippen MR) is 60.3 cm³/mol. The maximum atomic E-state index is 11.0. The number of rotatable bonds is 5. The van der Waals surface area contributed by atoms with Crippen LogP contribution >= 0.6 is 27.3 Å². The average Bonchev–Trinajstić information content (AvgIpc) is 2.51. The molecule has 1 rings (SSSR count). The summed E-state index contributed by atoms with van der Waals surface area (Å²) < 4.78 is 1.15. The third-order valence-electron chi connectivity index (χ3n) is 1.89. The molecule has 0 aliphatic heterocycles. The van der Waals surface area contributed by atoms with Gasteiger partial charge in [-0.05, 0) is 34.8 Å². The zero-order valence-electron chi connectivity index (χ0n) is 7.68. The minimum absolute atomic E-state index is 0.371. The normalized spacial score (nSPS) is 10.3. The molecule has 0 saturated heterocycles. The SMILES string of the molecule is CCC(=O)CCCc1cc(Br)cs1. The van der Waals surface area contributed by atoms with Crippen LogP contribution in [-0.4, -0.2) is 5.78 Å². The lowest BCUT2D eigenvalue weighted by Crippen LogP contribution is -1.95. The molecule has 0 radical (unpaired) electrons. The van der Waals surface area contributed by atoms with Crippen molar-refractivity contribution in [1.82, 2.24) is 0 Å². The first-order chi connectivity index (χ1) is 6.22. The highest BCUT2D eigenvalue weighted by atomic mass is 79.9. The minimum Gasteiger partial charge on any atom is -0.300 e. The van der Waals surface area contributed by atoms with E-state index in [2.05, 4.69) is 27.4 Å². The Balaban J connectivity index is 2.24. The molecule has 0 N–H and O–H groups in total. The summed E-state index contributed by atoms with van der Waals surface area (Å²) in [6, 6.07) is 2.13. The first kappa shape index (κ1) is 10.9. The topological polar surface area (TPSA) is 17.1 Å². The molecule has 1 aromatic heterocycles. The number of hydrogen-bond acceptors (Lipinski definition) is 2. The lowest BCUT2D eigenvalue weighted by Gasteiger charge is -1.95. The smallest absolute Gasteiger partial charge is 0.132 e. The molecule has 0 atom stereocenters. The molecular weight excluding hydrogens is 248 g/mol. The number of hydrogen-bond donors (Lipinski definition) is 0. The van der Waals surface area contributed by atoms with Crippen molar-refractivity contribution in [3.8, 4) is 0 Å². The van der Waals surface area contributed by atoms with Crippen molar-refractivity contribution in [2.24, 2.45) is 0 Å². The van der Waals surface area contributed by atoms with Crippen molar-refractivity contribution >= 4 is 33.0 Å². The fraction of sp³-hybridized carbons (Fsp3) is 0.500. The molecule has 72 valence electrons. The van der Waals surface area contributed by atoms with Gasteiger partial charge in [0.1, 0.15) is 5.78 Å². The largest absolute Gasteiger partial charge is 0.300 e. The van der Waals surface area contributed by atoms with E-state index >= 15 is 0 Å². The molecule has 1 aromatic rings. The lowest BCUT2D eigenvalue weighted by molar-refractivity contribution is -0.118. The van der Waals surface area contributed by atoms with Gasteiger partial charge in [0.05, 0.1) is 0 Å². The second-order valence-electron chi connectivity index (χ2n) is 2.98. The van der Waals surface area contributed by atoms with Crippen molar-refractivity contribution in [2.45, 2.75) is 32.6 Å². The summed E-state index contributed by atoms with van der Waals surface area (Å²) in [5, 5.41) is 2.08. The standard InChI is InChI=1S/C10H13BrOS/c1-2-9(12)4-3-5-10-6-8(11)7-13-10/h6-7H,2-5H2,1H3. The molecule has 0 aromatic carbocycles.